The van der Waals surface area contributed by atoms with E-state index in [1.807, 2.05) is 54.6 Å². The Hall–Kier alpha value is -10.6. The minimum atomic E-state index is -4.28. The second-order valence-electron chi connectivity index (χ2n) is 22.3. The van der Waals surface area contributed by atoms with Crippen LogP contribution in [0.4, 0.5) is 21.0 Å². The van der Waals surface area contributed by atoms with Crippen molar-refractivity contribution in [3.05, 3.63) is 154 Å². The molecule has 28 heteroatoms. The van der Waals surface area contributed by atoms with Crippen LogP contribution >= 0.6 is 7.60 Å². The number of nitro benzene ring substituents is 1. The minimum absolute atomic E-state index is 0. The molecule has 2 unspecified atom stereocenters. The summed E-state index contributed by atoms with van der Waals surface area (Å²) in [5.74, 6) is -2.24. The number of nitrogens with zero attached hydrogens (tertiary/aromatic N) is 4. The van der Waals surface area contributed by atoms with Crippen molar-refractivity contribution in [2.45, 2.75) is 87.6 Å². The number of hydrogen-bond acceptors (Lipinski definition) is 15. The Kier molecular flexibility index (Phi) is 24.5. The quantitative estimate of drug-likeness (QED) is 0.00891. The first-order valence-electron chi connectivity index (χ1n) is 29.6. The summed E-state index contributed by atoms with van der Waals surface area (Å²) in [7, 11) is -2.87. The molecule has 0 spiro atoms. The van der Waals surface area contributed by atoms with Gasteiger partial charge in [-0.25, -0.2) is 9.59 Å². The van der Waals surface area contributed by atoms with Crippen molar-refractivity contribution in [1.82, 2.24) is 35.7 Å². The smallest absolute Gasteiger partial charge is 0.418 e. The fourth-order valence-electron chi connectivity index (χ4n) is 11.4. The summed E-state index contributed by atoms with van der Waals surface area (Å²) in [4.78, 5) is 115. The largest absolute Gasteiger partial charge is 0.491 e. The molecule has 2 heterocycles. The summed E-state index contributed by atoms with van der Waals surface area (Å²) in [5.41, 5.74) is 4.00. The molecule has 2 aromatic heterocycles. The van der Waals surface area contributed by atoms with Gasteiger partial charge in [0.2, 0.25) is 17.7 Å². The van der Waals surface area contributed by atoms with E-state index in [0.717, 1.165) is 47.2 Å². The number of likely N-dealkylation sites (N-methyl/N-ethyl adjacent to an activating group) is 1. The van der Waals surface area contributed by atoms with Crippen LogP contribution < -0.4 is 31.3 Å². The molecule has 0 saturated heterocycles. The molecule has 0 aliphatic heterocycles. The number of hydrogen-bond donors (Lipinski definition) is 8. The monoisotopic (exact) mass is 1760 g/mol. The van der Waals surface area contributed by atoms with Crippen molar-refractivity contribution < 1.29 is 72.1 Å². The normalized spacial score (nSPS) is 14.2. The second-order valence-corrected chi connectivity index (χ2v) is 24.1. The molecular weight excluding hydrogens is 1680 g/mol. The predicted octanol–water partition coefficient (Wildman–Crippen LogP) is 7.26. The molecule has 0 radical (unpaired) electrons. The number of fused-ring (bicyclic) bond motifs is 4. The van der Waals surface area contributed by atoms with Gasteiger partial charge in [0, 0.05) is 79.0 Å². The van der Waals surface area contributed by atoms with Gasteiger partial charge < -0.3 is 65.3 Å². The predicted molar refractivity (Wildman–Crippen MR) is 330 cm³/mol. The van der Waals surface area contributed by atoms with Crippen LogP contribution in [0.5, 0.6) is 5.75 Å². The Balaban J connectivity index is 0.00000658. The van der Waals surface area contributed by atoms with Gasteiger partial charge in [0.1, 0.15) is 23.9 Å². The summed E-state index contributed by atoms with van der Waals surface area (Å²) in [5, 5.41) is 35.5. The third-order valence-corrected chi connectivity index (χ3v) is 17.0. The van der Waals surface area contributed by atoms with Gasteiger partial charge >= 0.3 is 25.7 Å². The summed E-state index contributed by atoms with van der Waals surface area (Å²) in [6, 6.07) is 30.4. The first-order chi connectivity index (χ1) is 42.8. The van der Waals surface area contributed by atoms with E-state index < -0.39 is 65.6 Å². The van der Waals surface area contributed by atoms with Crippen molar-refractivity contribution >= 4 is 65.7 Å². The maximum Gasteiger partial charge on any atom is 0.418 e. The van der Waals surface area contributed by atoms with Gasteiger partial charge in [-0.2, -0.15) is 0 Å². The number of amides is 5. The topological polar surface area (TPSA) is 341 Å². The Bertz CT molecular complexity index is 3470. The number of urea groups is 1. The summed E-state index contributed by atoms with van der Waals surface area (Å²) in [6.45, 7) is 2.79. The van der Waals surface area contributed by atoms with E-state index in [1.165, 1.54) is 40.8 Å². The van der Waals surface area contributed by atoms with Crippen LogP contribution in [0.2, 0.25) is 0 Å². The number of aromatic nitrogens is 2. The molecule has 498 valence electrons. The molecule has 25 nitrogen and oxygen atoms in total. The molecule has 8 rings (SSSR count). The number of carboxylic acids is 1. The number of nitrogens with one attached hydrogen (secondary N) is 5. The molecular formula is C63H76Fm2N9O16P. The van der Waals surface area contributed by atoms with Crippen molar-refractivity contribution in [2.75, 3.05) is 84.3 Å². The van der Waals surface area contributed by atoms with E-state index in [9.17, 15) is 58.3 Å². The molecule has 91 heavy (non-hydrogen) atoms. The number of rotatable bonds is 32. The summed E-state index contributed by atoms with van der Waals surface area (Å²) >= 11 is 0. The minimum Gasteiger partial charge on any atom is -0.491 e. The van der Waals surface area contributed by atoms with Crippen LogP contribution in [0.3, 0.4) is 0 Å². The SMILES string of the molecule is CNC(CC(=O)N(CCCP(=O)(O)O)CCOCCOCCNC(=O)CCOc1ccc(C2(CNC(=O)C(C)(Cc3cn(C(=O)OCC4c5ccccc5-c5ccccc54)c4ccccc34)NC(=O)Nc3ccc([N+](=O)[O-])cc3)CCCCC2)nc1)C(=O)O.[Fm].[Fm]. The van der Waals surface area contributed by atoms with Crippen LogP contribution in [-0.4, -0.2) is 161 Å². The molecule has 1 saturated carbocycles. The van der Waals surface area contributed by atoms with Gasteiger partial charge in [-0.05, 0) is 91.4 Å². The number of anilines is 1. The standard InChI is InChI=1S/C63H76N9O16P.2Fm/c1-62(69-60(78)68-44-19-21-45(22-20-44)72(80)81,38-43-40-71(54-18-9-8-13-47(43)54)61(79)88-41-52-50-16-6-4-14-48(50)49-15-5-7-17-51(49)52)59(77)67-42-63(26-10-3-11-27-63)55-24-23-46(39-66-55)87-31-25-56(73)65-28-32-85-34-35-86-33-30-70(29-12-36-89(82,83)84)57(74)37-53(64-2)58(75)76;;/h4-9,13-24,39-40,52-53,64H,3,10-12,25-38,41-42H2,1-2H3,(H,65,73)(H,67,77)(H,75,76)(H2,68,69,78)(H2,82,83,84);;. The number of pyridine rings is 1. The number of aliphatic carboxylic acids is 1. The van der Waals surface area contributed by atoms with Gasteiger partial charge in [0.05, 0.1) is 68.7 Å². The molecule has 8 N–H and O–H groups in total. The third kappa shape index (κ3) is 18.5. The number of nitro groups is 1. The van der Waals surface area contributed by atoms with Gasteiger partial charge in [-0.15, -0.1) is 0 Å². The first-order valence-corrected chi connectivity index (χ1v) is 31.4. The van der Waals surface area contributed by atoms with Crippen LogP contribution in [-0.2, 0) is 49.8 Å². The molecule has 1 fully saturated rings. The Morgan fingerprint density at radius 2 is 1.49 bits per heavy atom. The number of carbonyl (C=O) groups is 6. The fourth-order valence-corrected chi connectivity index (χ4v) is 11.9. The van der Waals surface area contributed by atoms with Crippen LogP contribution in [0, 0.1) is 10.1 Å². The third-order valence-electron chi connectivity index (χ3n) is 16.1. The number of ether oxygens (including phenoxy) is 4. The van der Waals surface area contributed by atoms with E-state index in [2.05, 4.69) is 38.7 Å². The van der Waals surface area contributed by atoms with Crippen molar-refractivity contribution in [2.24, 2.45) is 0 Å². The average molecular weight is 1760 g/mol. The van der Waals surface area contributed by atoms with Crippen molar-refractivity contribution in [1.29, 1.82) is 0 Å². The molecule has 6 aromatic rings. The number of carboxylic acid groups (broad SMARTS) is 1. The number of non-ortho nitro benzene ring substituents is 1. The Labute approximate surface area is 514 Å². The fraction of sp³-hybridized carbons (Fsp3) is 0.413. The maximum absolute atomic E-state index is 15.0. The first kappa shape index (κ1) is 69.5. The molecule has 2 aliphatic rings. The zero-order valence-corrected chi connectivity index (χ0v) is 56.0. The Morgan fingerprint density at radius 1 is 0.835 bits per heavy atom. The number of carbonyl (C=O) groups excluding carboxylic acids is 5. The van der Waals surface area contributed by atoms with Crippen molar-refractivity contribution in [3.8, 4) is 16.9 Å². The van der Waals surface area contributed by atoms with Crippen LogP contribution in [0.15, 0.2) is 122 Å². The number of para-hydroxylation sites is 1. The van der Waals surface area contributed by atoms with E-state index in [-0.39, 0.29) is 115 Å². The maximum atomic E-state index is 15.0. The van der Waals surface area contributed by atoms with E-state index in [4.69, 9.17) is 23.9 Å². The summed E-state index contributed by atoms with van der Waals surface area (Å²) < 4.78 is 35.9. The van der Waals surface area contributed by atoms with Crippen LogP contribution in [0.1, 0.15) is 86.6 Å². The van der Waals surface area contributed by atoms with Crippen LogP contribution in [0.25, 0.3) is 22.0 Å². The molecule has 4 aromatic carbocycles. The molecule has 5 amide bonds. The van der Waals surface area contributed by atoms with Gasteiger partial charge in [0.15, 0.2) is 0 Å². The zero-order chi connectivity index (χ0) is 63.6. The van der Waals surface area contributed by atoms with E-state index >= 15 is 0 Å². The average Bonchev–Trinajstić information content (AvgIpc) is 1.77. The van der Waals surface area contributed by atoms with Gasteiger partial charge in [-0.3, -0.25) is 43.4 Å². The molecule has 2 atom stereocenters. The summed E-state index contributed by atoms with van der Waals surface area (Å²) in [6.07, 6.45) is 5.98. The second kappa shape index (κ2) is 32.1. The Morgan fingerprint density at radius 3 is 2.13 bits per heavy atom. The number of benzene rings is 4. The molecule has 2 aliphatic carbocycles. The molecule has 0 bridgehead atoms. The zero-order valence-electron chi connectivity index (χ0n) is 50.3. The van der Waals surface area contributed by atoms with E-state index in [0.29, 0.717) is 35.1 Å². The van der Waals surface area contributed by atoms with E-state index in [1.54, 1.807) is 37.5 Å². The van der Waals surface area contributed by atoms with Gasteiger partial charge in [-0.1, -0.05) is 86.0 Å². The van der Waals surface area contributed by atoms with Crippen molar-refractivity contribution in [3.63, 3.8) is 0 Å². The van der Waals surface area contributed by atoms with Gasteiger partial charge in [0.25, 0.3) is 5.69 Å².